The monoisotopic (exact) mass is 322 g/mol. The fourth-order valence-corrected chi connectivity index (χ4v) is 2.54. The second-order valence-electron chi connectivity index (χ2n) is 4.40. The summed E-state index contributed by atoms with van der Waals surface area (Å²) in [6, 6.07) is 11.1. The van der Waals surface area contributed by atoms with Gasteiger partial charge in [-0.3, -0.25) is 0 Å². The van der Waals surface area contributed by atoms with Gasteiger partial charge in [0.1, 0.15) is 11.5 Å². The zero-order chi connectivity index (χ0) is 15.0. The third-order valence-corrected chi connectivity index (χ3v) is 3.56. The van der Waals surface area contributed by atoms with Gasteiger partial charge in [-0.1, -0.05) is 40.5 Å². The quantitative estimate of drug-likeness (QED) is 0.719. The lowest BCUT2D eigenvalue weighted by atomic mass is 10.0. The number of nitrogens with zero attached hydrogens (tertiary/aromatic N) is 1. The normalized spacial score (nSPS) is 10.8. The third-order valence-electron chi connectivity index (χ3n) is 3.02. The Kier molecular flexibility index (Phi) is 3.57. The van der Waals surface area contributed by atoms with Gasteiger partial charge in [0.25, 0.3) is 0 Å². The van der Waals surface area contributed by atoms with E-state index >= 15 is 0 Å². The van der Waals surface area contributed by atoms with Crippen molar-refractivity contribution in [1.82, 2.24) is 5.16 Å². The summed E-state index contributed by atoms with van der Waals surface area (Å²) in [4.78, 5) is 0. The van der Waals surface area contributed by atoms with Gasteiger partial charge in [-0.2, -0.15) is 0 Å². The van der Waals surface area contributed by atoms with E-state index in [0.717, 1.165) is 5.56 Å². The maximum atomic E-state index is 13.2. The van der Waals surface area contributed by atoms with Crippen molar-refractivity contribution in [2.45, 2.75) is 0 Å². The van der Waals surface area contributed by atoms with Gasteiger partial charge >= 0.3 is 0 Å². The minimum atomic E-state index is -0.428. The van der Waals surface area contributed by atoms with Crippen molar-refractivity contribution in [3.63, 3.8) is 0 Å². The van der Waals surface area contributed by atoms with Crippen molar-refractivity contribution in [2.24, 2.45) is 0 Å². The van der Waals surface area contributed by atoms with Gasteiger partial charge in [-0.15, -0.1) is 0 Å². The van der Waals surface area contributed by atoms with Crippen LogP contribution in [0.15, 0.2) is 47.0 Å². The van der Waals surface area contributed by atoms with Crippen molar-refractivity contribution >= 4 is 29.1 Å². The summed E-state index contributed by atoms with van der Waals surface area (Å²) in [6.45, 7) is 0. The Morgan fingerprint density at radius 3 is 2.62 bits per heavy atom. The van der Waals surface area contributed by atoms with Crippen LogP contribution in [0.2, 0.25) is 10.0 Å². The molecule has 0 saturated carbocycles. The fraction of sp³-hybridized carbons (Fsp3) is 0. The van der Waals surface area contributed by atoms with E-state index in [-0.39, 0.29) is 10.9 Å². The van der Waals surface area contributed by atoms with E-state index in [4.69, 9.17) is 33.5 Å². The molecule has 0 amide bonds. The lowest BCUT2D eigenvalue weighted by Gasteiger charge is -2.05. The highest BCUT2D eigenvalue weighted by molar-refractivity contribution is 6.33. The molecule has 0 aliphatic rings. The van der Waals surface area contributed by atoms with Gasteiger partial charge in [0, 0.05) is 16.1 Å². The minimum absolute atomic E-state index is 0.110. The summed E-state index contributed by atoms with van der Waals surface area (Å²) in [5.74, 6) is -0.318. The number of hydrogen-bond acceptors (Lipinski definition) is 3. The first-order chi connectivity index (χ1) is 10.1. The largest absolute Gasteiger partial charge is 0.367 e. The number of nitrogens with two attached hydrogens (primary N) is 1. The van der Waals surface area contributed by atoms with Crippen LogP contribution in [0.4, 0.5) is 10.3 Å². The molecule has 3 aromatic rings. The average Bonchev–Trinajstić information content (AvgIpc) is 2.81. The molecule has 2 aromatic carbocycles. The van der Waals surface area contributed by atoms with Crippen molar-refractivity contribution in [3.05, 3.63) is 58.3 Å². The maximum Gasteiger partial charge on any atom is 0.230 e. The van der Waals surface area contributed by atoms with Gasteiger partial charge in [0.05, 0.1) is 10.6 Å². The molecular weight excluding hydrogens is 314 g/mol. The molecule has 3 rings (SSSR count). The smallest absolute Gasteiger partial charge is 0.230 e. The van der Waals surface area contributed by atoms with Crippen molar-refractivity contribution in [3.8, 4) is 22.4 Å². The van der Waals surface area contributed by atoms with E-state index in [0.29, 0.717) is 21.8 Å². The highest BCUT2D eigenvalue weighted by Crippen LogP contribution is 2.40. The van der Waals surface area contributed by atoms with E-state index in [1.807, 2.05) is 6.07 Å². The topological polar surface area (TPSA) is 52.0 Å². The number of hydrogen-bond donors (Lipinski definition) is 1. The van der Waals surface area contributed by atoms with Crippen molar-refractivity contribution in [2.75, 3.05) is 5.73 Å². The Morgan fingerprint density at radius 1 is 1.10 bits per heavy atom. The number of aromatic nitrogens is 1. The van der Waals surface area contributed by atoms with E-state index in [1.54, 1.807) is 18.2 Å². The molecule has 2 N–H and O–H groups in total. The van der Waals surface area contributed by atoms with Crippen LogP contribution in [0.1, 0.15) is 0 Å². The van der Waals surface area contributed by atoms with Gasteiger partial charge in [-0.05, 0) is 30.3 Å². The summed E-state index contributed by atoms with van der Waals surface area (Å²) in [5, 5.41) is 4.75. The molecule has 0 radical (unpaired) electrons. The first-order valence-electron chi connectivity index (χ1n) is 6.03. The number of halogens is 3. The molecular formula is C15H9Cl2FN2O. The first-order valence-corrected chi connectivity index (χ1v) is 6.78. The number of nitrogen functional groups attached to an aromatic ring is 1. The van der Waals surface area contributed by atoms with Gasteiger partial charge < -0.3 is 10.3 Å². The summed E-state index contributed by atoms with van der Waals surface area (Å²) >= 11 is 12.1. The van der Waals surface area contributed by atoms with Gasteiger partial charge in [0.15, 0.2) is 0 Å². The first kappa shape index (κ1) is 13.9. The Morgan fingerprint density at radius 2 is 1.90 bits per heavy atom. The molecule has 0 saturated heterocycles. The molecule has 0 spiro atoms. The van der Waals surface area contributed by atoms with Crippen molar-refractivity contribution < 1.29 is 8.91 Å². The molecule has 0 aliphatic heterocycles. The SMILES string of the molecule is Nc1onc(-c2cccc(Cl)c2)c1-c1ccc(F)cc1Cl. The van der Waals surface area contributed by atoms with E-state index < -0.39 is 5.82 Å². The van der Waals surface area contributed by atoms with E-state index in [9.17, 15) is 4.39 Å². The second kappa shape index (κ2) is 5.39. The van der Waals surface area contributed by atoms with Crippen LogP contribution in [0.5, 0.6) is 0 Å². The molecule has 0 aliphatic carbocycles. The second-order valence-corrected chi connectivity index (χ2v) is 5.25. The molecule has 21 heavy (non-hydrogen) atoms. The lowest BCUT2D eigenvalue weighted by molar-refractivity contribution is 0.439. The molecule has 0 atom stereocenters. The molecule has 1 aromatic heterocycles. The van der Waals surface area contributed by atoms with Crippen LogP contribution in [-0.2, 0) is 0 Å². The zero-order valence-corrected chi connectivity index (χ0v) is 12.1. The summed E-state index contributed by atoms with van der Waals surface area (Å²) in [5.41, 5.74) is 8.14. The average molecular weight is 323 g/mol. The number of anilines is 1. The minimum Gasteiger partial charge on any atom is -0.367 e. The third kappa shape index (κ3) is 2.60. The van der Waals surface area contributed by atoms with Crippen LogP contribution in [0.25, 0.3) is 22.4 Å². The van der Waals surface area contributed by atoms with Crippen LogP contribution in [-0.4, -0.2) is 5.16 Å². The maximum absolute atomic E-state index is 13.2. The van der Waals surface area contributed by atoms with Gasteiger partial charge in [0.2, 0.25) is 5.88 Å². The molecule has 106 valence electrons. The molecule has 6 heteroatoms. The predicted octanol–water partition coefficient (Wildman–Crippen LogP) is 5.04. The molecule has 3 nitrogen and oxygen atoms in total. The Balaban J connectivity index is 2.22. The summed E-state index contributed by atoms with van der Waals surface area (Å²) in [6.07, 6.45) is 0. The van der Waals surface area contributed by atoms with Gasteiger partial charge in [-0.25, -0.2) is 4.39 Å². The van der Waals surface area contributed by atoms with E-state index in [1.165, 1.54) is 18.2 Å². The summed E-state index contributed by atoms with van der Waals surface area (Å²) < 4.78 is 18.3. The summed E-state index contributed by atoms with van der Waals surface area (Å²) in [7, 11) is 0. The highest BCUT2D eigenvalue weighted by atomic mass is 35.5. The van der Waals surface area contributed by atoms with Crippen LogP contribution >= 0.6 is 23.2 Å². The Bertz CT molecular complexity index is 817. The van der Waals surface area contributed by atoms with E-state index in [2.05, 4.69) is 5.16 Å². The van der Waals surface area contributed by atoms with Crippen LogP contribution < -0.4 is 5.73 Å². The zero-order valence-electron chi connectivity index (χ0n) is 10.6. The molecule has 0 fully saturated rings. The standard InChI is InChI=1S/C15H9Cl2FN2O/c16-9-3-1-2-8(6-9)14-13(15(19)21-20-14)11-5-4-10(18)7-12(11)17/h1-7H,19H2. The van der Waals surface area contributed by atoms with Crippen LogP contribution in [0, 0.1) is 5.82 Å². The number of benzene rings is 2. The van der Waals surface area contributed by atoms with Crippen LogP contribution in [0.3, 0.4) is 0 Å². The predicted molar refractivity (Wildman–Crippen MR) is 81.8 cm³/mol. The lowest BCUT2D eigenvalue weighted by Crippen LogP contribution is -1.89. The number of rotatable bonds is 2. The van der Waals surface area contributed by atoms with Crippen molar-refractivity contribution in [1.29, 1.82) is 0 Å². The highest BCUT2D eigenvalue weighted by Gasteiger charge is 2.20. The Labute approximate surface area is 130 Å². The fourth-order valence-electron chi connectivity index (χ4n) is 2.09. The molecule has 0 unspecified atom stereocenters. The Hall–Kier alpha value is -2.04. The molecule has 0 bridgehead atoms. The molecule has 1 heterocycles.